The van der Waals surface area contributed by atoms with Crippen molar-refractivity contribution in [1.82, 2.24) is 15.0 Å². The maximum Gasteiger partial charge on any atom is 0.274 e. The number of halogens is 2. The van der Waals surface area contributed by atoms with Crippen LogP contribution in [0.2, 0.25) is 0 Å². The summed E-state index contributed by atoms with van der Waals surface area (Å²) in [5.74, 6) is 0.624. The third-order valence-corrected chi connectivity index (χ3v) is 6.51. The molecule has 0 unspecified atom stereocenters. The van der Waals surface area contributed by atoms with Gasteiger partial charge in [-0.05, 0) is 81.5 Å². The molecule has 1 saturated carbocycles. The van der Waals surface area contributed by atoms with Crippen molar-refractivity contribution in [3.63, 3.8) is 0 Å². The Kier molecular flexibility index (Phi) is 7.97. The zero-order valence-corrected chi connectivity index (χ0v) is 19.0. The van der Waals surface area contributed by atoms with Crippen LogP contribution in [0.4, 0.5) is 10.2 Å². The first kappa shape index (κ1) is 23.6. The van der Waals surface area contributed by atoms with Crippen molar-refractivity contribution >= 4 is 37.7 Å². The van der Waals surface area contributed by atoms with Crippen LogP contribution in [0.3, 0.4) is 0 Å². The maximum absolute atomic E-state index is 13.4. The molecule has 3 rings (SSSR count). The van der Waals surface area contributed by atoms with Gasteiger partial charge in [-0.15, -0.1) is 0 Å². The lowest BCUT2D eigenvalue weighted by atomic mass is 9.82. The summed E-state index contributed by atoms with van der Waals surface area (Å²) in [6, 6.07) is 4.52. The number of rotatable bonds is 9. The number of nitrogens with zero attached hydrogens (tertiary/aromatic N) is 3. The number of anilines is 1. The highest BCUT2D eigenvalue weighted by Gasteiger charge is 2.24. The maximum atomic E-state index is 13.4. The summed E-state index contributed by atoms with van der Waals surface area (Å²) in [4.78, 5) is 0. The summed E-state index contributed by atoms with van der Waals surface area (Å²) in [7, 11) is -3.66. The SMILES string of the molecule is NS(=O)(=O)NCC1CCC(CNc2nonc2C(Cc2ccc(F)c(Br)c2)=NO)CC1. The number of nitrogens with one attached hydrogen (secondary N) is 2. The van der Waals surface area contributed by atoms with Crippen LogP contribution in [0.5, 0.6) is 0 Å². The van der Waals surface area contributed by atoms with Crippen molar-refractivity contribution in [1.29, 1.82) is 0 Å². The largest absolute Gasteiger partial charge is 0.411 e. The monoisotopic (exact) mass is 518 g/mol. The van der Waals surface area contributed by atoms with E-state index in [4.69, 9.17) is 9.77 Å². The van der Waals surface area contributed by atoms with Crippen LogP contribution < -0.4 is 15.2 Å². The molecule has 13 heteroatoms. The topological polar surface area (TPSA) is 156 Å². The predicted molar refractivity (Wildman–Crippen MR) is 115 cm³/mol. The van der Waals surface area contributed by atoms with E-state index in [1.54, 1.807) is 12.1 Å². The van der Waals surface area contributed by atoms with Gasteiger partial charge in [0.25, 0.3) is 10.2 Å². The molecule has 10 nitrogen and oxygen atoms in total. The van der Waals surface area contributed by atoms with Crippen LogP contribution in [0.1, 0.15) is 36.9 Å². The molecule has 1 aliphatic carbocycles. The third kappa shape index (κ3) is 6.95. The molecule has 0 bridgehead atoms. The zero-order chi connectivity index (χ0) is 22.4. The van der Waals surface area contributed by atoms with Gasteiger partial charge in [-0.2, -0.15) is 8.42 Å². The molecule has 2 aromatic rings. The van der Waals surface area contributed by atoms with Gasteiger partial charge in [-0.3, -0.25) is 0 Å². The normalized spacial score (nSPS) is 20.0. The fourth-order valence-corrected chi connectivity index (χ4v) is 4.51. The van der Waals surface area contributed by atoms with E-state index in [0.717, 1.165) is 31.2 Å². The lowest BCUT2D eigenvalue weighted by molar-refractivity contribution is 0.283. The van der Waals surface area contributed by atoms with Crippen molar-refractivity contribution in [2.45, 2.75) is 32.1 Å². The van der Waals surface area contributed by atoms with E-state index < -0.39 is 10.2 Å². The Bertz CT molecular complexity index is 1020. The minimum Gasteiger partial charge on any atom is -0.411 e. The first-order valence-corrected chi connectivity index (χ1v) is 12.1. The molecule has 0 amide bonds. The highest BCUT2D eigenvalue weighted by atomic mass is 79.9. The summed E-state index contributed by atoms with van der Waals surface area (Å²) in [6.45, 7) is 0.976. The Hall–Kier alpha value is -2.09. The Morgan fingerprint density at radius 1 is 1.26 bits per heavy atom. The van der Waals surface area contributed by atoms with Crippen LogP contribution >= 0.6 is 15.9 Å². The highest BCUT2D eigenvalue weighted by molar-refractivity contribution is 9.10. The Balaban J connectivity index is 1.54. The molecule has 170 valence electrons. The molecule has 31 heavy (non-hydrogen) atoms. The first-order valence-electron chi connectivity index (χ1n) is 9.74. The third-order valence-electron chi connectivity index (χ3n) is 5.34. The van der Waals surface area contributed by atoms with Gasteiger partial charge < -0.3 is 10.5 Å². The number of nitrogens with two attached hydrogens (primary N) is 1. The highest BCUT2D eigenvalue weighted by Crippen LogP contribution is 2.29. The summed E-state index contributed by atoms with van der Waals surface area (Å²) < 4.78 is 43.0. The van der Waals surface area contributed by atoms with Crippen molar-refractivity contribution in [3.05, 3.63) is 39.7 Å². The summed E-state index contributed by atoms with van der Waals surface area (Å²) in [5.41, 5.74) is 1.25. The molecule has 1 aliphatic rings. The van der Waals surface area contributed by atoms with Gasteiger partial charge >= 0.3 is 0 Å². The Labute approximate surface area is 187 Å². The van der Waals surface area contributed by atoms with Gasteiger partial charge in [0, 0.05) is 19.5 Å². The quantitative estimate of drug-likeness (QED) is 0.225. The van der Waals surface area contributed by atoms with E-state index in [1.165, 1.54) is 6.07 Å². The number of hydrogen-bond acceptors (Lipinski definition) is 8. The zero-order valence-electron chi connectivity index (χ0n) is 16.6. The molecule has 1 fully saturated rings. The Morgan fingerprint density at radius 2 is 1.94 bits per heavy atom. The van der Waals surface area contributed by atoms with Crippen molar-refractivity contribution in [2.24, 2.45) is 22.1 Å². The van der Waals surface area contributed by atoms with Crippen LogP contribution in [0, 0.1) is 17.7 Å². The smallest absolute Gasteiger partial charge is 0.274 e. The van der Waals surface area contributed by atoms with Crippen molar-refractivity contribution < 1.29 is 22.6 Å². The molecule has 0 saturated heterocycles. The molecule has 1 heterocycles. The molecular formula is C18H24BrFN6O4S. The predicted octanol–water partition coefficient (Wildman–Crippen LogP) is 2.40. The second kappa shape index (κ2) is 10.5. The average Bonchev–Trinajstić information content (AvgIpc) is 3.20. The number of aromatic nitrogens is 2. The summed E-state index contributed by atoms with van der Waals surface area (Å²) in [5, 5.41) is 28.7. The average molecular weight is 519 g/mol. The second-order valence-corrected chi connectivity index (χ2v) is 9.83. The van der Waals surface area contributed by atoms with Gasteiger partial charge in [0.05, 0.1) is 4.47 Å². The molecule has 5 N–H and O–H groups in total. The Morgan fingerprint density at radius 3 is 2.55 bits per heavy atom. The molecule has 1 aromatic carbocycles. The standard InChI is InChI=1S/C18H24BrFN6O4S/c19-14-7-13(5-6-15(14)20)8-16(24-27)17-18(26-30-25-17)22-9-11-1-3-12(4-2-11)10-23-31(21,28)29/h5-7,11-12,23,27H,1-4,8-10H2,(H,22,26)(H2,21,28,29). The fraction of sp³-hybridized carbons (Fsp3) is 0.500. The van der Waals surface area contributed by atoms with Crippen LogP contribution in [-0.4, -0.2) is 42.7 Å². The van der Waals surface area contributed by atoms with E-state index in [2.05, 4.69) is 41.4 Å². The summed E-state index contributed by atoms with van der Waals surface area (Å²) in [6.07, 6.45) is 3.84. The lowest BCUT2D eigenvalue weighted by Gasteiger charge is -2.28. The van der Waals surface area contributed by atoms with Crippen molar-refractivity contribution in [2.75, 3.05) is 18.4 Å². The number of oxime groups is 1. The minimum absolute atomic E-state index is 0.209. The number of benzene rings is 1. The van der Waals surface area contributed by atoms with Crippen LogP contribution in [-0.2, 0) is 16.6 Å². The van der Waals surface area contributed by atoms with Crippen LogP contribution in [0.25, 0.3) is 0 Å². The van der Waals surface area contributed by atoms with E-state index in [0.29, 0.717) is 29.3 Å². The minimum atomic E-state index is -3.66. The molecule has 0 aliphatic heterocycles. The molecular weight excluding hydrogens is 495 g/mol. The van der Waals surface area contributed by atoms with Gasteiger partial charge in [0.2, 0.25) is 0 Å². The molecule has 0 radical (unpaired) electrons. The van der Waals surface area contributed by atoms with Crippen molar-refractivity contribution in [3.8, 4) is 0 Å². The van der Waals surface area contributed by atoms with Gasteiger partial charge in [-0.25, -0.2) is 18.9 Å². The van der Waals surface area contributed by atoms with Crippen LogP contribution in [0.15, 0.2) is 32.5 Å². The van der Waals surface area contributed by atoms with E-state index in [9.17, 15) is 18.0 Å². The van der Waals surface area contributed by atoms with E-state index >= 15 is 0 Å². The molecule has 0 spiro atoms. The van der Waals surface area contributed by atoms with E-state index in [1.807, 2.05) is 0 Å². The fourth-order valence-electron chi connectivity index (χ4n) is 3.62. The molecule has 1 aromatic heterocycles. The number of hydrogen-bond donors (Lipinski definition) is 4. The molecule has 0 atom stereocenters. The second-order valence-electron chi connectivity index (χ2n) is 7.59. The van der Waals surface area contributed by atoms with E-state index in [-0.39, 0.29) is 29.6 Å². The first-order chi connectivity index (χ1) is 14.7. The summed E-state index contributed by atoms with van der Waals surface area (Å²) >= 11 is 3.14. The van der Waals surface area contributed by atoms with Gasteiger partial charge in [0.1, 0.15) is 11.5 Å². The van der Waals surface area contributed by atoms with Gasteiger partial charge in [-0.1, -0.05) is 11.2 Å². The lowest BCUT2D eigenvalue weighted by Crippen LogP contribution is -2.36. The van der Waals surface area contributed by atoms with Gasteiger partial charge in [0.15, 0.2) is 11.5 Å².